The van der Waals surface area contributed by atoms with Gasteiger partial charge in [0.15, 0.2) is 0 Å². The molecule has 2 rings (SSSR count). The molecule has 2 amide bonds. The first-order chi connectivity index (χ1) is 15.4. The van der Waals surface area contributed by atoms with E-state index in [-0.39, 0.29) is 28.7 Å². The van der Waals surface area contributed by atoms with Crippen LogP contribution >= 0.6 is 11.6 Å². The third-order valence-corrected chi connectivity index (χ3v) is 6.40. The van der Waals surface area contributed by atoms with Crippen LogP contribution in [0.4, 0.5) is 10.1 Å². The number of sulfonamides is 1. The van der Waals surface area contributed by atoms with Crippen molar-refractivity contribution >= 4 is 39.1 Å². The predicted octanol–water partition coefficient (Wildman–Crippen LogP) is 3.43. The van der Waals surface area contributed by atoms with Gasteiger partial charge in [0.1, 0.15) is 18.4 Å². The summed E-state index contributed by atoms with van der Waals surface area (Å²) in [6.07, 6.45) is 0.962. The van der Waals surface area contributed by atoms with Crippen LogP contribution in [0.2, 0.25) is 5.02 Å². The number of hydrogen-bond acceptors (Lipinski definition) is 4. The minimum Gasteiger partial charge on any atom is -0.354 e. The highest BCUT2D eigenvalue weighted by atomic mass is 35.5. The molecule has 0 saturated heterocycles. The van der Waals surface area contributed by atoms with E-state index in [9.17, 15) is 22.4 Å². The number of carbonyl (C=O) groups is 2. The molecule has 0 aliphatic carbocycles. The Morgan fingerprint density at radius 1 is 1.06 bits per heavy atom. The average molecular weight is 498 g/mol. The topological polar surface area (TPSA) is 86.8 Å². The molecule has 33 heavy (non-hydrogen) atoms. The van der Waals surface area contributed by atoms with Crippen LogP contribution in [0.3, 0.4) is 0 Å². The molecule has 0 saturated carbocycles. The Morgan fingerprint density at radius 2 is 1.67 bits per heavy atom. The maximum absolute atomic E-state index is 14.3. The second kappa shape index (κ2) is 11.5. The van der Waals surface area contributed by atoms with Gasteiger partial charge in [0, 0.05) is 18.7 Å². The van der Waals surface area contributed by atoms with E-state index in [0.29, 0.717) is 6.54 Å². The van der Waals surface area contributed by atoms with Crippen molar-refractivity contribution in [2.24, 2.45) is 5.92 Å². The number of hydrogen-bond donors (Lipinski definition) is 1. The summed E-state index contributed by atoms with van der Waals surface area (Å²) in [7, 11) is -3.89. The summed E-state index contributed by atoms with van der Waals surface area (Å²) in [6, 6.07) is 11.2. The lowest BCUT2D eigenvalue weighted by atomic mass is 10.1. The van der Waals surface area contributed by atoms with Crippen LogP contribution in [-0.2, 0) is 26.2 Å². The van der Waals surface area contributed by atoms with Crippen LogP contribution in [0.25, 0.3) is 0 Å². The predicted molar refractivity (Wildman–Crippen MR) is 128 cm³/mol. The van der Waals surface area contributed by atoms with E-state index in [0.717, 1.165) is 10.6 Å². The summed E-state index contributed by atoms with van der Waals surface area (Å²) in [5, 5.41) is 2.91. The second-order valence-electron chi connectivity index (χ2n) is 8.15. The molecule has 0 aromatic heterocycles. The van der Waals surface area contributed by atoms with E-state index >= 15 is 0 Å². The van der Waals surface area contributed by atoms with Crippen LogP contribution in [0, 0.1) is 11.7 Å². The van der Waals surface area contributed by atoms with E-state index in [1.54, 1.807) is 18.2 Å². The average Bonchev–Trinajstić information content (AvgIpc) is 2.74. The summed E-state index contributed by atoms with van der Waals surface area (Å²) in [6.45, 7) is 4.98. The standard InChI is InChI=1S/C23H29ClFN3O4S/c1-16(2)13-26-23(30)17(3)27(14-18-9-5-7-11-20(18)25)22(29)15-28(33(4,31)32)21-12-8-6-10-19(21)24/h5-12,16-17H,13-15H2,1-4H3,(H,26,30). The fourth-order valence-corrected chi connectivity index (χ4v) is 4.24. The van der Waals surface area contributed by atoms with Crippen molar-refractivity contribution in [2.75, 3.05) is 23.7 Å². The van der Waals surface area contributed by atoms with Crippen molar-refractivity contribution in [3.63, 3.8) is 0 Å². The molecule has 0 aliphatic rings. The van der Waals surface area contributed by atoms with E-state index in [4.69, 9.17) is 11.6 Å². The fourth-order valence-electron chi connectivity index (χ4n) is 3.09. The molecule has 0 radical (unpaired) electrons. The molecule has 0 spiro atoms. The summed E-state index contributed by atoms with van der Waals surface area (Å²) in [4.78, 5) is 27.3. The van der Waals surface area contributed by atoms with Gasteiger partial charge in [0.05, 0.1) is 17.0 Å². The summed E-state index contributed by atoms with van der Waals surface area (Å²) < 4.78 is 40.2. The number of benzene rings is 2. The highest BCUT2D eigenvalue weighted by molar-refractivity contribution is 7.92. The Kier molecular flexibility index (Phi) is 9.25. The van der Waals surface area contributed by atoms with Crippen molar-refractivity contribution in [2.45, 2.75) is 33.4 Å². The maximum atomic E-state index is 14.3. The van der Waals surface area contributed by atoms with E-state index in [2.05, 4.69) is 5.32 Å². The molecule has 2 aromatic carbocycles. The number of carbonyl (C=O) groups excluding carboxylic acids is 2. The van der Waals surface area contributed by atoms with Crippen molar-refractivity contribution in [3.05, 3.63) is 64.9 Å². The molecule has 1 N–H and O–H groups in total. The van der Waals surface area contributed by atoms with Gasteiger partial charge in [-0.25, -0.2) is 12.8 Å². The third-order valence-electron chi connectivity index (χ3n) is 4.95. The van der Waals surface area contributed by atoms with Crippen LogP contribution in [0.1, 0.15) is 26.3 Å². The van der Waals surface area contributed by atoms with Gasteiger partial charge < -0.3 is 10.2 Å². The quantitative estimate of drug-likeness (QED) is 0.544. The van der Waals surface area contributed by atoms with Crippen LogP contribution in [0.15, 0.2) is 48.5 Å². The second-order valence-corrected chi connectivity index (χ2v) is 10.5. The highest BCUT2D eigenvalue weighted by Gasteiger charge is 2.31. The number of nitrogens with one attached hydrogen (secondary N) is 1. The number of nitrogens with zero attached hydrogens (tertiary/aromatic N) is 2. The number of halogens is 2. The van der Waals surface area contributed by atoms with Gasteiger partial charge in [-0.3, -0.25) is 13.9 Å². The molecule has 7 nitrogen and oxygen atoms in total. The number of amides is 2. The Balaban J connectivity index is 2.39. The molecule has 0 heterocycles. The van der Waals surface area contributed by atoms with Crippen molar-refractivity contribution in [3.8, 4) is 0 Å². The van der Waals surface area contributed by atoms with Gasteiger partial charge in [-0.1, -0.05) is 55.8 Å². The van der Waals surface area contributed by atoms with Crippen molar-refractivity contribution in [1.82, 2.24) is 10.2 Å². The zero-order valence-electron chi connectivity index (χ0n) is 19.1. The first kappa shape index (κ1) is 26.6. The SMILES string of the molecule is CC(C)CNC(=O)C(C)N(Cc1ccccc1F)C(=O)CN(c1ccccc1Cl)S(C)(=O)=O. The number of rotatable bonds is 10. The molecule has 1 atom stereocenters. The normalized spacial score (nSPS) is 12.3. The van der Waals surface area contributed by atoms with E-state index in [1.165, 1.54) is 42.2 Å². The lowest BCUT2D eigenvalue weighted by Crippen LogP contribution is -2.51. The Bertz CT molecular complexity index is 1090. The monoisotopic (exact) mass is 497 g/mol. The number of anilines is 1. The minimum absolute atomic E-state index is 0.137. The molecule has 2 aromatic rings. The minimum atomic E-state index is -3.89. The molecule has 0 fully saturated rings. The van der Waals surface area contributed by atoms with Crippen LogP contribution < -0.4 is 9.62 Å². The highest BCUT2D eigenvalue weighted by Crippen LogP contribution is 2.27. The zero-order chi connectivity index (χ0) is 24.8. The number of para-hydroxylation sites is 1. The third kappa shape index (κ3) is 7.43. The van der Waals surface area contributed by atoms with Crippen LogP contribution in [-0.4, -0.2) is 50.5 Å². The first-order valence-electron chi connectivity index (χ1n) is 10.4. The summed E-state index contributed by atoms with van der Waals surface area (Å²) in [5.74, 6) is -1.43. The van der Waals surface area contributed by atoms with E-state index < -0.39 is 40.2 Å². The van der Waals surface area contributed by atoms with Crippen LogP contribution in [0.5, 0.6) is 0 Å². The van der Waals surface area contributed by atoms with E-state index in [1.807, 2.05) is 13.8 Å². The molecular formula is C23H29ClFN3O4S. The lowest BCUT2D eigenvalue weighted by molar-refractivity contribution is -0.139. The smallest absolute Gasteiger partial charge is 0.244 e. The molecule has 180 valence electrons. The molecule has 0 bridgehead atoms. The van der Waals surface area contributed by atoms with Gasteiger partial charge in [0.25, 0.3) is 0 Å². The Hall–Kier alpha value is -2.65. The fraction of sp³-hybridized carbons (Fsp3) is 0.391. The Morgan fingerprint density at radius 3 is 2.24 bits per heavy atom. The van der Waals surface area contributed by atoms with Crippen molar-refractivity contribution < 1.29 is 22.4 Å². The van der Waals surface area contributed by atoms with Gasteiger partial charge in [-0.2, -0.15) is 0 Å². The van der Waals surface area contributed by atoms with Gasteiger partial charge >= 0.3 is 0 Å². The molecule has 1 unspecified atom stereocenters. The summed E-state index contributed by atoms with van der Waals surface area (Å²) >= 11 is 6.18. The van der Waals surface area contributed by atoms with Crippen molar-refractivity contribution in [1.29, 1.82) is 0 Å². The molecular weight excluding hydrogens is 469 g/mol. The Labute approximate surface area is 199 Å². The molecule has 10 heteroatoms. The van der Waals surface area contributed by atoms with Gasteiger partial charge in [-0.15, -0.1) is 0 Å². The first-order valence-corrected chi connectivity index (χ1v) is 12.7. The summed E-state index contributed by atoms with van der Waals surface area (Å²) in [5.41, 5.74) is 0.343. The molecule has 0 aliphatic heterocycles. The zero-order valence-corrected chi connectivity index (χ0v) is 20.7. The maximum Gasteiger partial charge on any atom is 0.244 e. The van der Waals surface area contributed by atoms with Gasteiger partial charge in [0.2, 0.25) is 21.8 Å². The largest absolute Gasteiger partial charge is 0.354 e. The van der Waals surface area contributed by atoms with Gasteiger partial charge in [-0.05, 0) is 31.0 Å². The lowest BCUT2D eigenvalue weighted by Gasteiger charge is -2.32.